The molecule has 1 atom stereocenters. The summed E-state index contributed by atoms with van der Waals surface area (Å²) in [5, 5.41) is 0. The fraction of sp³-hybridized carbons (Fsp3) is 0.400. The number of hydrogen-bond donors (Lipinski definition) is 1. The van der Waals surface area contributed by atoms with Crippen molar-refractivity contribution < 1.29 is 8.42 Å². The van der Waals surface area contributed by atoms with Crippen LogP contribution in [0.5, 0.6) is 0 Å². The zero-order valence-electron chi connectivity index (χ0n) is 8.64. The second-order valence-electron chi connectivity index (χ2n) is 3.87. The van der Waals surface area contributed by atoms with Crippen LogP contribution in [0.3, 0.4) is 0 Å². The molecule has 0 bridgehead atoms. The summed E-state index contributed by atoms with van der Waals surface area (Å²) in [5.41, 5.74) is 5.71. The van der Waals surface area contributed by atoms with Crippen molar-refractivity contribution in [1.82, 2.24) is 4.31 Å². The van der Waals surface area contributed by atoms with Crippen LogP contribution in [0.15, 0.2) is 33.6 Å². The van der Waals surface area contributed by atoms with Crippen LogP contribution in [0, 0.1) is 0 Å². The van der Waals surface area contributed by atoms with E-state index < -0.39 is 10.0 Å². The van der Waals surface area contributed by atoms with E-state index in [0.29, 0.717) is 18.0 Å². The highest BCUT2D eigenvalue weighted by Crippen LogP contribution is 2.22. The number of hydrogen-bond acceptors (Lipinski definition) is 3. The van der Waals surface area contributed by atoms with Gasteiger partial charge in [-0.1, -0.05) is 22.0 Å². The van der Waals surface area contributed by atoms with Crippen LogP contribution in [0.4, 0.5) is 0 Å². The zero-order chi connectivity index (χ0) is 11.8. The first-order valence-corrected chi connectivity index (χ1v) is 7.25. The molecule has 0 radical (unpaired) electrons. The monoisotopic (exact) mass is 304 g/mol. The maximum Gasteiger partial charge on any atom is 0.243 e. The Labute approximate surface area is 104 Å². The van der Waals surface area contributed by atoms with E-state index in [0.717, 1.165) is 10.9 Å². The van der Waals surface area contributed by atoms with Gasteiger partial charge in [-0.2, -0.15) is 4.31 Å². The van der Waals surface area contributed by atoms with Gasteiger partial charge in [-0.25, -0.2) is 8.42 Å². The van der Waals surface area contributed by atoms with Gasteiger partial charge >= 0.3 is 0 Å². The molecule has 0 amide bonds. The third-order valence-electron chi connectivity index (χ3n) is 2.62. The smallest absolute Gasteiger partial charge is 0.243 e. The molecule has 0 unspecified atom stereocenters. The van der Waals surface area contributed by atoms with Gasteiger partial charge in [0.15, 0.2) is 0 Å². The average Bonchev–Trinajstić information content (AvgIpc) is 2.65. The van der Waals surface area contributed by atoms with Crippen LogP contribution in [0.2, 0.25) is 0 Å². The Balaban J connectivity index is 2.32. The van der Waals surface area contributed by atoms with E-state index in [2.05, 4.69) is 15.9 Å². The van der Waals surface area contributed by atoms with Crippen molar-refractivity contribution in [1.29, 1.82) is 0 Å². The number of rotatable bonds is 2. The van der Waals surface area contributed by atoms with E-state index in [1.807, 2.05) is 0 Å². The third kappa shape index (κ3) is 2.29. The summed E-state index contributed by atoms with van der Waals surface area (Å²) >= 11 is 3.27. The first-order valence-electron chi connectivity index (χ1n) is 5.01. The standard InChI is InChI=1S/C10H13BrN2O2S/c11-8-2-1-3-10(6-8)16(14,15)13-5-4-9(12)7-13/h1-3,6,9H,4-5,7,12H2/t9-/m1/s1. The molecule has 0 aliphatic carbocycles. The number of nitrogens with zero attached hydrogens (tertiary/aromatic N) is 1. The molecule has 88 valence electrons. The summed E-state index contributed by atoms with van der Waals surface area (Å²) in [6.45, 7) is 0.921. The van der Waals surface area contributed by atoms with E-state index in [1.54, 1.807) is 24.3 Å². The molecule has 1 aromatic rings. The van der Waals surface area contributed by atoms with E-state index >= 15 is 0 Å². The summed E-state index contributed by atoms with van der Waals surface area (Å²) in [7, 11) is -3.37. The quantitative estimate of drug-likeness (QED) is 0.892. The maximum absolute atomic E-state index is 12.2. The Bertz CT molecular complexity index is 489. The van der Waals surface area contributed by atoms with Crippen molar-refractivity contribution in [2.45, 2.75) is 17.4 Å². The Kier molecular flexibility index (Phi) is 3.34. The lowest BCUT2D eigenvalue weighted by Gasteiger charge is -2.15. The normalized spacial score (nSPS) is 22.5. The van der Waals surface area contributed by atoms with Crippen molar-refractivity contribution in [3.63, 3.8) is 0 Å². The molecule has 1 aliphatic heterocycles. The highest BCUT2D eigenvalue weighted by molar-refractivity contribution is 9.10. The topological polar surface area (TPSA) is 63.4 Å². The molecule has 1 aliphatic rings. The fourth-order valence-electron chi connectivity index (χ4n) is 1.75. The molecule has 1 heterocycles. The van der Waals surface area contributed by atoms with Crippen LogP contribution in [-0.2, 0) is 10.0 Å². The van der Waals surface area contributed by atoms with E-state index in [-0.39, 0.29) is 6.04 Å². The summed E-state index contributed by atoms with van der Waals surface area (Å²) in [4.78, 5) is 0.316. The predicted octanol–water partition coefficient (Wildman–Crippen LogP) is 1.17. The second kappa shape index (κ2) is 4.44. The molecule has 6 heteroatoms. The Morgan fingerprint density at radius 1 is 1.44 bits per heavy atom. The molecule has 1 fully saturated rings. The van der Waals surface area contributed by atoms with E-state index in [9.17, 15) is 8.42 Å². The molecular formula is C10H13BrN2O2S. The van der Waals surface area contributed by atoms with Crippen LogP contribution in [-0.4, -0.2) is 31.9 Å². The van der Waals surface area contributed by atoms with Crippen LogP contribution in [0.1, 0.15) is 6.42 Å². The average molecular weight is 305 g/mol. The lowest BCUT2D eigenvalue weighted by molar-refractivity contribution is 0.472. The number of nitrogens with two attached hydrogens (primary N) is 1. The first kappa shape index (κ1) is 12.0. The number of benzene rings is 1. The second-order valence-corrected chi connectivity index (χ2v) is 6.72. The molecular weight excluding hydrogens is 292 g/mol. The van der Waals surface area contributed by atoms with Gasteiger partial charge in [0.1, 0.15) is 0 Å². The highest BCUT2D eigenvalue weighted by Gasteiger charge is 2.30. The Morgan fingerprint density at radius 2 is 2.19 bits per heavy atom. The number of sulfonamides is 1. The molecule has 0 spiro atoms. The van der Waals surface area contributed by atoms with Crippen molar-refractivity contribution in [3.05, 3.63) is 28.7 Å². The van der Waals surface area contributed by atoms with Gasteiger partial charge in [0, 0.05) is 23.6 Å². The van der Waals surface area contributed by atoms with Crippen molar-refractivity contribution in [3.8, 4) is 0 Å². The maximum atomic E-state index is 12.2. The Hall–Kier alpha value is -0.430. The van der Waals surface area contributed by atoms with Crippen molar-refractivity contribution in [2.75, 3.05) is 13.1 Å². The lowest BCUT2D eigenvalue weighted by Crippen LogP contribution is -2.31. The minimum atomic E-state index is -3.37. The van der Waals surface area contributed by atoms with Gasteiger partial charge < -0.3 is 5.73 Å². The van der Waals surface area contributed by atoms with Crippen molar-refractivity contribution >= 4 is 26.0 Å². The lowest BCUT2D eigenvalue weighted by atomic mass is 10.3. The van der Waals surface area contributed by atoms with E-state index in [4.69, 9.17) is 5.73 Å². The molecule has 4 nitrogen and oxygen atoms in total. The largest absolute Gasteiger partial charge is 0.326 e. The van der Waals surface area contributed by atoms with Gasteiger partial charge in [0.25, 0.3) is 0 Å². The summed E-state index contributed by atoms with van der Waals surface area (Å²) < 4.78 is 26.6. The number of halogens is 1. The molecule has 1 aromatic carbocycles. The summed E-state index contributed by atoms with van der Waals surface area (Å²) in [6.07, 6.45) is 0.729. The van der Waals surface area contributed by atoms with Crippen LogP contribution >= 0.6 is 15.9 Å². The SMILES string of the molecule is N[C@@H]1CCN(S(=O)(=O)c2cccc(Br)c2)C1. The first-order chi connectivity index (χ1) is 7.50. The van der Waals surface area contributed by atoms with Gasteiger partial charge in [-0.3, -0.25) is 0 Å². The van der Waals surface area contributed by atoms with E-state index in [1.165, 1.54) is 4.31 Å². The predicted molar refractivity (Wildman–Crippen MR) is 65.5 cm³/mol. The molecule has 0 saturated carbocycles. The van der Waals surface area contributed by atoms with Crippen LogP contribution in [0.25, 0.3) is 0 Å². The molecule has 16 heavy (non-hydrogen) atoms. The molecule has 0 aromatic heterocycles. The molecule has 2 rings (SSSR count). The minimum absolute atomic E-state index is 0.0399. The van der Waals surface area contributed by atoms with Gasteiger partial charge in [-0.05, 0) is 24.6 Å². The summed E-state index contributed by atoms with van der Waals surface area (Å²) in [6, 6.07) is 6.69. The third-order valence-corrected chi connectivity index (χ3v) is 4.98. The van der Waals surface area contributed by atoms with Gasteiger partial charge in [-0.15, -0.1) is 0 Å². The Morgan fingerprint density at radius 3 is 2.75 bits per heavy atom. The summed E-state index contributed by atoms with van der Waals surface area (Å²) in [5.74, 6) is 0. The highest BCUT2D eigenvalue weighted by atomic mass is 79.9. The molecule has 1 saturated heterocycles. The van der Waals surface area contributed by atoms with Gasteiger partial charge in [0.05, 0.1) is 4.90 Å². The van der Waals surface area contributed by atoms with Crippen molar-refractivity contribution in [2.24, 2.45) is 5.73 Å². The fourth-order valence-corrected chi connectivity index (χ4v) is 3.86. The molecule has 2 N–H and O–H groups in total. The minimum Gasteiger partial charge on any atom is -0.326 e. The van der Waals surface area contributed by atoms with Crippen LogP contribution < -0.4 is 5.73 Å². The zero-order valence-corrected chi connectivity index (χ0v) is 11.0. The van der Waals surface area contributed by atoms with Gasteiger partial charge in [0.2, 0.25) is 10.0 Å².